The Balaban J connectivity index is 2.42. The topological polar surface area (TPSA) is 72.2 Å². The van der Waals surface area contributed by atoms with E-state index in [1.54, 1.807) is 0 Å². The molecule has 4 heteroatoms. The largest absolute Gasteiger partial charge is 0.370 e. The molecule has 1 atom stereocenters. The van der Waals surface area contributed by atoms with Crippen molar-refractivity contribution in [2.45, 2.75) is 19.3 Å². The molecule has 1 rings (SSSR count). The summed E-state index contributed by atoms with van der Waals surface area (Å²) in [6, 6.07) is 0. The number of carbonyl (C=O) groups is 2. The summed E-state index contributed by atoms with van der Waals surface area (Å²) in [5, 5.41) is 2.69. The van der Waals surface area contributed by atoms with Gasteiger partial charge in [-0.15, -0.1) is 0 Å². The molecular weight excluding hydrogens is 144 g/mol. The zero-order chi connectivity index (χ0) is 8.27. The Kier molecular flexibility index (Phi) is 2.46. The van der Waals surface area contributed by atoms with Crippen LogP contribution in [-0.2, 0) is 9.59 Å². The Morgan fingerprint density at radius 1 is 1.73 bits per heavy atom. The average Bonchev–Trinajstić information content (AvgIpc) is 1.93. The van der Waals surface area contributed by atoms with Crippen molar-refractivity contribution >= 4 is 11.8 Å². The SMILES string of the molecule is NC(=O)C[C@H]1CCCNC1=O. The molecule has 0 aliphatic carbocycles. The van der Waals surface area contributed by atoms with Crippen LogP contribution in [-0.4, -0.2) is 18.4 Å². The van der Waals surface area contributed by atoms with Crippen molar-refractivity contribution in [1.82, 2.24) is 5.32 Å². The number of hydrogen-bond donors (Lipinski definition) is 2. The van der Waals surface area contributed by atoms with Gasteiger partial charge in [-0.2, -0.15) is 0 Å². The van der Waals surface area contributed by atoms with Gasteiger partial charge in [0.05, 0.1) is 0 Å². The highest BCUT2D eigenvalue weighted by Crippen LogP contribution is 2.14. The highest BCUT2D eigenvalue weighted by molar-refractivity contribution is 5.85. The second kappa shape index (κ2) is 3.37. The number of nitrogens with two attached hydrogens (primary N) is 1. The fourth-order valence-corrected chi connectivity index (χ4v) is 1.27. The fraction of sp³-hybridized carbons (Fsp3) is 0.714. The fourth-order valence-electron chi connectivity index (χ4n) is 1.27. The Bertz CT molecular complexity index is 179. The zero-order valence-corrected chi connectivity index (χ0v) is 6.30. The Morgan fingerprint density at radius 3 is 3.00 bits per heavy atom. The third kappa shape index (κ3) is 2.22. The first-order chi connectivity index (χ1) is 5.20. The second-order valence-corrected chi connectivity index (χ2v) is 2.80. The Hall–Kier alpha value is -1.06. The maximum absolute atomic E-state index is 11.0. The maximum Gasteiger partial charge on any atom is 0.223 e. The van der Waals surface area contributed by atoms with Gasteiger partial charge < -0.3 is 11.1 Å². The monoisotopic (exact) mass is 156 g/mol. The van der Waals surface area contributed by atoms with Crippen LogP contribution in [0, 0.1) is 5.92 Å². The molecule has 0 bridgehead atoms. The van der Waals surface area contributed by atoms with Gasteiger partial charge in [0, 0.05) is 18.9 Å². The minimum Gasteiger partial charge on any atom is -0.370 e. The van der Waals surface area contributed by atoms with Crippen molar-refractivity contribution in [2.24, 2.45) is 11.7 Å². The van der Waals surface area contributed by atoms with Crippen molar-refractivity contribution in [3.63, 3.8) is 0 Å². The smallest absolute Gasteiger partial charge is 0.223 e. The van der Waals surface area contributed by atoms with E-state index in [1.807, 2.05) is 0 Å². The van der Waals surface area contributed by atoms with Crippen LogP contribution in [0.5, 0.6) is 0 Å². The van der Waals surface area contributed by atoms with Gasteiger partial charge in [-0.05, 0) is 12.8 Å². The number of piperidine rings is 1. The molecule has 1 saturated heterocycles. The van der Waals surface area contributed by atoms with Crippen LogP contribution in [0.15, 0.2) is 0 Å². The van der Waals surface area contributed by atoms with Gasteiger partial charge in [-0.1, -0.05) is 0 Å². The number of carbonyl (C=O) groups excluding carboxylic acids is 2. The molecule has 1 fully saturated rings. The molecule has 0 unspecified atom stereocenters. The molecule has 1 aliphatic heterocycles. The lowest BCUT2D eigenvalue weighted by molar-refractivity contribution is -0.130. The number of hydrogen-bond acceptors (Lipinski definition) is 2. The van der Waals surface area contributed by atoms with Gasteiger partial charge in [0.25, 0.3) is 0 Å². The lowest BCUT2D eigenvalue weighted by Gasteiger charge is -2.20. The number of amides is 2. The molecule has 4 nitrogen and oxygen atoms in total. The quantitative estimate of drug-likeness (QED) is 0.559. The first-order valence-corrected chi connectivity index (χ1v) is 3.76. The van der Waals surface area contributed by atoms with E-state index in [2.05, 4.69) is 5.32 Å². The normalized spacial score (nSPS) is 24.4. The number of nitrogens with one attached hydrogen (secondary N) is 1. The lowest BCUT2D eigenvalue weighted by atomic mass is 9.95. The Morgan fingerprint density at radius 2 is 2.45 bits per heavy atom. The van der Waals surface area contributed by atoms with Crippen molar-refractivity contribution in [3.8, 4) is 0 Å². The van der Waals surface area contributed by atoms with Gasteiger partial charge in [0.2, 0.25) is 11.8 Å². The summed E-state index contributed by atoms with van der Waals surface area (Å²) in [6.07, 6.45) is 1.92. The molecule has 0 spiro atoms. The highest BCUT2D eigenvalue weighted by atomic mass is 16.2. The van der Waals surface area contributed by atoms with E-state index in [0.717, 1.165) is 19.4 Å². The predicted molar refractivity (Wildman–Crippen MR) is 39.5 cm³/mol. The summed E-state index contributed by atoms with van der Waals surface area (Å²) in [5.41, 5.74) is 4.97. The van der Waals surface area contributed by atoms with E-state index in [4.69, 9.17) is 5.73 Å². The van der Waals surface area contributed by atoms with Crippen LogP contribution in [0.3, 0.4) is 0 Å². The molecule has 11 heavy (non-hydrogen) atoms. The van der Waals surface area contributed by atoms with E-state index in [1.165, 1.54) is 0 Å². The van der Waals surface area contributed by atoms with Gasteiger partial charge in [-0.25, -0.2) is 0 Å². The molecule has 0 aromatic rings. The highest BCUT2D eigenvalue weighted by Gasteiger charge is 2.23. The molecule has 0 saturated carbocycles. The van der Waals surface area contributed by atoms with Gasteiger partial charge >= 0.3 is 0 Å². The van der Waals surface area contributed by atoms with Crippen molar-refractivity contribution < 1.29 is 9.59 Å². The summed E-state index contributed by atoms with van der Waals surface area (Å²) >= 11 is 0. The zero-order valence-electron chi connectivity index (χ0n) is 6.30. The number of rotatable bonds is 2. The van der Waals surface area contributed by atoms with Gasteiger partial charge in [0.15, 0.2) is 0 Å². The van der Waals surface area contributed by atoms with E-state index in [-0.39, 0.29) is 18.2 Å². The molecule has 0 aromatic carbocycles. The van der Waals surface area contributed by atoms with Crippen molar-refractivity contribution in [2.75, 3.05) is 6.54 Å². The average molecular weight is 156 g/mol. The maximum atomic E-state index is 11.0. The molecule has 3 N–H and O–H groups in total. The van der Waals surface area contributed by atoms with Crippen LogP contribution in [0.2, 0.25) is 0 Å². The van der Waals surface area contributed by atoms with Crippen LogP contribution >= 0.6 is 0 Å². The lowest BCUT2D eigenvalue weighted by Crippen LogP contribution is -2.38. The van der Waals surface area contributed by atoms with E-state index in [9.17, 15) is 9.59 Å². The van der Waals surface area contributed by atoms with Crippen LogP contribution in [0.1, 0.15) is 19.3 Å². The third-order valence-corrected chi connectivity index (χ3v) is 1.85. The van der Waals surface area contributed by atoms with Gasteiger partial charge in [0.1, 0.15) is 0 Å². The van der Waals surface area contributed by atoms with Crippen molar-refractivity contribution in [1.29, 1.82) is 0 Å². The summed E-state index contributed by atoms with van der Waals surface area (Å²) in [7, 11) is 0. The summed E-state index contributed by atoms with van der Waals surface area (Å²) in [5.74, 6) is -0.608. The first kappa shape index (κ1) is 8.04. The first-order valence-electron chi connectivity index (χ1n) is 3.76. The minimum atomic E-state index is -0.396. The molecule has 62 valence electrons. The molecular formula is C7H12N2O2. The third-order valence-electron chi connectivity index (χ3n) is 1.85. The Labute approximate surface area is 65.1 Å². The second-order valence-electron chi connectivity index (χ2n) is 2.80. The van der Waals surface area contributed by atoms with E-state index in [0.29, 0.717) is 0 Å². The van der Waals surface area contributed by atoms with Crippen molar-refractivity contribution in [3.05, 3.63) is 0 Å². The molecule has 0 aromatic heterocycles. The minimum absolute atomic E-state index is 0.0324. The number of primary amides is 1. The summed E-state index contributed by atoms with van der Waals surface area (Å²) in [6.45, 7) is 0.730. The van der Waals surface area contributed by atoms with E-state index >= 15 is 0 Å². The summed E-state index contributed by atoms with van der Waals surface area (Å²) < 4.78 is 0. The molecule has 2 amide bonds. The van der Waals surface area contributed by atoms with Crippen LogP contribution in [0.25, 0.3) is 0 Å². The predicted octanol–water partition coefficient (Wildman–Crippen LogP) is -0.612. The molecule has 1 heterocycles. The van der Waals surface area contributed by atoms with Gasteiger partial charge in [-0.3, -0.25) is 9.59 Å². The molecule has 1 aliphatic rings. The van der Waals surface area contributed by atoms with E-state index < -0.39 is 5.91 Å². The standard InChI is InChI=1S/C7H12N2O2/c8-6(10)4-5-2-1-3-9-7(5)11/h5H,1-4H2,(H2,8,10)(H,9,11)/t5-/m1/s1. The van der Waals surface area contributed by atoms with Crippen LogP contribution in [0.4, 0.5) is 0 Å². The van der Waals surface area contributed by atoms with Crippen LogP contribution < -0.4 is 11.1 Å². The summed E-state index contributed by atoms with van der Waals surface area (Å²) in [4.78, 5) is 21.5. The molecule has 0 radical (unpaired) electrons.